The van der Waals surface area contributed by atoms with E-state index in [1.165, 1.54) is 29.3 Å². The van der Waals surface area contributed by atoms with Crippen LogP contribution in [0.4, 0.5) is 5.13 Å². The molecule has 0 saturated carbocycles. The van der Waals surface area contributed by atoms with Gasteiger partial charge in [-0.15, -0.1) is 16.4 Å². The van der Waals surface area contributed by atoms with Crippen molar-refractivity contribution in [1.82, 2.24) is 25.0 Å². The third-order valence-corrected chi connectivity index (χ3v) is 6.92. The molecule has 5 atom stereocenters. The maximum absolute atomic E-state index is 10.9. The number of methoxy groups -OCH3 is 1. The van der Waals surface area contributed by atoms with Gasteiger partial charge in [0.2, 0.25) is 0 Å². The summed E-state index contributed by atoms with van der Waals surface area (Å²) in [4.78, 5) is 8.71. The van der Waals surface area contributed by atoms with E-state index in [1.54, 1.807) is 17.6 Å². The molecule has 11 nitrogen and oxygen atoms in total. The summed E-state index contributed by atoms with van der Waals surface area (Å²) < 4.78 is 13.1. The Bertz CT molecular complexity index is 1140. The average molecular weight is 496 g/mol. The number of ether oxygens (including phenoxy) is 2. The Kier molecular flexibility index (Phi) is 6.91. The fraction of sp³-hybridized carbons (Fsp3) is 0.389. The predicted octanol–water partition coefficient (Wildman–Crippen LogP) is 1.33. The lowest BCUT2D eigenvalue weighted by atomic mass is 9.97. The second kappa shape index (κ2) is 9.67. The van der Waals surface area contributed by atoms with Crippen LogP contribution in [0.15, 0.2) is 28.7 Å². The zero-order valence-corrected chi connectivity index (χ0v) is 19.0. The van der Waals surface area contributed by atoms with Crippen molar-refractivity contribution in [3.05, 3.63) is 34.6 Å². The number of anilines is 1. The highest BCUT2D eigenvalue weighted by Crippen LogP contribution is 2.40. The SMILES string of the molecule is CO[C@@H]1[C@@H](n2cc(-c3csc(N)n3)nn2)[C@@H](O)[C@@H](CO)O[C@@H]1Sc1cc(Cl)cnc1C#N. The number of rotatable bonds is 6. The summed E-state index contributed by atoms with van der Waals surface area (Å²) in [6, 6.07) is 2.86. The molecule has 3 aromatic rings. The van der Waals surface area contributed by atoms with Crippen molar-refractivity contribution in [1.29, 1.82) is 5.26 Å². The monoisotopic (exact) mass is 495 g/mol. The number of nitrogens with zero attached hydrogens (tertiary/aromatic N) is 6. The number of aromatic nitrogens is 5. The van der Waals surface area contributed by atoms with Crippen LogP contribution in [0.2, 0.25) is 5.02 Å². The molecule has 1 aliphatic rings. The number of aliphatic hydroxyl groups excluding tert-OH is 2. The van der Waals surface area contributed by atoms with Gasteiger partial charge < -0.3 is 25.4 Å². The van der Waals surface area contributed by atoms with Gasteiger partial charge in [0.05, 0.1) is 17.8 Å². The Balaban J connectivity index is 1.68. The van der Waals surface area contributed by atoms with Gasteiger partial charge in [0.15, 0.2) is 10.8 Å². The molecular weight excluding hydrogens is 478 g/mol. The van der Waals surface area contributed by atoms with E-state index in [0.717, 1.165) is 11.8 Å². The van der Waals surface area contributed by atoms with E-state index in [1.807, 2.05) is 6.07 Å². The molecule has 0 spiro atoms. The van der Waals surface area contributed by atoms with Crippen LogP contribution in [0.3, 0.4) is 0 Å². The van der Waals surface area contributed by atoms with Crippen LogP contribution in [0.5, 0.6) is 0 Å². The first-order valence-electron chi connectivity index (χ1n) is 9.27. The number of nitrogens with two attached hydrogens (primary N) is 1. The molecule has 0 aliphatic carbocycles. The number of halogens is 1. The number of hydrogen-bond donors (Lipinski definition) is 3. The fourth-order valence-corrected chi connectivity index (χ4v) is 5.41. The van der Waals surface area contributed by atoms with Gasteiger partial charge in [-0.05, 0) is 6.07 Å². The molecule has 168 valence electrons. The molecule has 14 heteroatoms. The number of nitrogen functional groups attached to an aromatic ring is 1. The Morgan fingerprint density at radius 3 is 2.94 bits per heavy atom. The average Bonchev–Trinajstić information content (AvgIpc) is 3.43. The Morgan fingerprint density at radius 2 is 2.28 bits per heavy atom. The summed E-state index contributed by atoms with van der Waals surface area (Å²) in [5.41, 5.74) is 6.18. The highest BCUT2D eigenvalue weighted by atomic mass is 35.5. The van der Waals surface area contributed by atoms with Crippen molar-refractivity contribution in [2.75, 3.05) is 19.5 Å². The summed E-state index contributed by atoms with van der Waals surface area (Å²) >= 11 is 8.49. The molecule has 1 saturated heterocycles. The minimum absolute atomic E-state index is 0.172. The molecule has 32 heavy (non-hydrogen) atoms. The quantitative estimate of drug-likeness (QED) is 0.451. The van der Waals surface area contributed by atoms with Crippen molar-refractivity contribution in [3.8, 4) is 17.5 Å². The lowest BCUT2D eigenvalue weighted by Crippen LogP contribution is -2.55. The molecule has 1 aliphatic heterocycles. The van der Waals surface area contributed by atoms with Gasteiger partial charge in [0, 0.05) is 23.6 Å². The summed E-state index contributed by atoms with van der Waals surface area (Å²) in [6.45, 7) is -0.436. The summed E-state index contributed by atoms with van der Waals surface area (Å²) in [5, 5.41) is 40.9. The Labute approximate surface area is 195 Å². The second-order valence-corrected chi connectivity index (χ2v) is 9.26. The predicted molar refractivity (Wildman–Crippen MR) is 117 cm³/mol. The van der Waals surface area contributed by atoms with Crippen molar-refractivity contribution in [2.24, 2.45) is 0 Å². The minimum Gasteiger partial charge on any atom is -0.394 e. The van der Waals surface area contributed by atoms with E-state index >= 15 is 0 Å². The first-order valence-corrected chi connectivity index (χ1v) is 11.4. The third kappa shape index (κ3) is 4.44. The lowest BCUT2D eigenvalue weighted by molar-refractivity contribution is -0.186. The van der Waals surface area contributed by atoms with Crippen molar-refractivity contribution in [2.45, 2.75) is 34.7 Å². The van der Waals surface area contributed by atoms with Crippen LogP contribution in [0, 0.1) is 11.3 Å². The molecule has 0 radical (unpaired) electrons. The van der Waals surface area contributed by atoms with Crippen molar-refractivity contribution >= 4 is 39.8 Å². The van der Waals surface area contributed by atoms with Gasteiger partial charge in [-0.25, -0.2) is 14.6 Å². The zero-order valence-electron chi connectivity index (χ0n) is 16.6. The lowest BCUT2D eigenvalue weighted by Gasteiger charge is -2.43. The van der Waals surface area contributed by atoms with Crippen molar-refractivity contribution in [3.63, 3.8) is 0 Å². The van der Waals surface area contributed by atoms with Crippen LogP contribution in [-0.2, 0) is 9.47 Å². The van der Waals surface area contributed by atoms with E-state index in [-0.39, 0.29) is 5.69 Å². The van der Waals surface area contributed by atoms with Crippen LogP contribution in [-0.4, -0.2) is 72.6 Å². The van der Waals surface area contributed by atoms with Crippen LogP contribution in [0.1, 0.15) is 11.7 Å². The molecule has 4 N–H and O–H groups in total. The summed E-state index contributed by atoms with van der Waals surface area (Å²) in [6.07, 6.45) is 0.204. The van der Waals surface area contributed by atoms with Gasteiger partial charge in [-0.3, -0.25) is 0 Å². The van der Waals surface area contributed by atoms with E-state index in [2.05, 4.69) is 20.3 Å². The van der Waals surface area contributed by atoms with Gasteiger partial charge in [0.1, 0.15) is 47.2 Å². The smallest absolute Gasteiger partial charge is 0.180 e. The molecule has 0 bridgehead atoms. The summed E-state index contributed by atoms with van der Waals surface area (Å²) in [7, 11) is 1.47. The zero-order chi connectivity index (χ0) is 22.8. The topological polar surface area (TPSA) is 165 Å². The molecule has 1 fully saturated rings. The van der Waals surface area contributed by atoms with E-state index < -0.39 is 36.4 Å². The molecule has 0 aromatic carbocycles. The number of nitriles is 1. The number of pyridine rings is 1. The van der Waals surface area contributed by atoms with Crippen molar-refractivity contribution < 1.29 is 19.7 Å². The number of thioether (sulfide) groups is 1. The standard InChI is InChI=1S/C18H18ClN7O4S2/c1-29-16-14(26-5-10(24-25-26)11-7-31-18(21)23-11)15(28)12(6-27)30-17(16)32-13-2-8(19)4-22-9(13)3-20/h2,4-5,7,12,14-17,27-28H,6H2,1H3,(H2,21,23)/t12-,14+,15+,16-,17-/m1/s1. The van der Waals surface area contributed by atoms with E-state index in [4.69, 9.17) is 26.8 Å². The molecule has 4 rings (SSSR count). The maximum atomic E-state index is 10.9. The van der Waals surface area contributed by atoms with Gasteiger partial charge in [-0.1, -0.05) is 28.6 Å². The minimum atomic E-state index is -1.15. The first kappa shape index (κ1) is 22.9. The molecule has 0 amide bonds. The molecule has 3 aromatic heterocycles. The fourth-order valence-electron chi connectivity index (χ4n) is 3.37. The largest absolute Gasteiger partial charge is 0.394 e. The van der Waals surface area contributed by atoms with Crippen LogP contribution < -0.4 is 5.73 Å². The Hall–Kier alpha value is -2.31. The molecular formula is C18H18ClN7O4S2. The maximum Gasteiger partial charge on any atom is 0.180 e. The Morgan fingerprint density at radius 1 is 1.47 bits per heavy atom. The number of aliphatic hydroxyl groups is 2. The third-order valence-electron chi connectivity index (χ3n) is 4.87. The van der Waals surface area contributed by atoms with Crippen LogP contribution >= 0.6 is 34.7 Å². The molecule has 0 unspecified atom stereocenters. The van der Waals surface area contributed by atoms with Crippen LogP contribution in [0.25, 0.3) is 11.4 Å². The van der Waals surface area contributed by atoms with Gasteiger partial charge in [0.25, 0.3) is 0 Å². The number of hydrogen-bond acceptors (Lipinski definition) is 12. The molecule has 4 heterocycles. The highest BCUT2D eigenvalue weighted by Gasteiger charge is 2.47. The number of thiazole rings is 1. The van der Waals surface area contributed by atoms with Gasteiger partial charge >= 0.3 is 0 Å². The summed E-state index contributed by atoms with van der Waals surface area (Å²) in [5.74, 6) is 0. The first-order chi connectivity index (χ1) is 15.4. The van der Waals surface area contributed by atoms with E-state index in [9.17, 15) is 15.5 Å². The normalized spacial score (nSPS) is 25.5. The van der Waals surface area contributed by atoms with Gasteiger partial charge in [-0.2, -0.15) is 5.26 Å². The highest BCUT2D eigenvalue weighted by molar-refractivity contribution is 7.99. The van der Waals surface area contributed by atoms with E-state index in [0.29, 0.717) is 26.4 Å². The second-order valence-electron chi connectivity index (χ2n) is 6.79.